The molecule has 1 aromatic rings. The monoisotopic (exact) mass is 262 g/mol. The SMILES string of the molecule is CN1CCC(NC(=O)c2ccc3c(c2)OCO3)CC1. The number of carbonyl (C=O) groups is 1. The number of nitrogens with one attached hydrogen (secondary N) is 1. The van der Waals surface area contributed by atoms with Crippen molar-refractivity contribution in [3.8, 4) is 11.5 Å². The molecule has 0 aromatic heterocycles. The van der Waals surface area contributed by atoms with Crippen LogP contribution in [0.2, 0.25) is 0 Å². The molecule has 5 heteroatoms. The van der Waals surface area contributed by atoms with Gasteiger partial charge in [-0.1, -0.05) is 0 Å². The number of amides is 1. The van der Waals surface area contributed by atoms with E-state index in [4.69, 9.17) is 9.47 Å². The summed E-state index contributed by atoms with van der Waals surface area (Å²) in [7, 11) is 2.11. The highest BCUT2D eigenvalue weighted by molar-refractivity contribution is 5.95. The second-order valence-electron chi connectivity index (χ2n) is 5.12. The average molecular weight is 262 g/mol. The summed E-state index contributed by atoms with van der Waals surface area (Å²) in [6.45, 7) is 2.30. The predicted molar refractivity (Wildman–Crippen MR) is 70.6 cm³/mol. The molecule has 1 fully saturated rings. The molecule has 102 valence electrons. The van der Waals surface area contributed by atoms with Gasteiger partial charge in [0.1, 0.15) is 0 Å². The number of ether oxygens (including phenoxy) is 2. The van der Waals surface area contributed by atoms with Crippen LogP contribution in [0.5, 0.6) is 11.5 Å². The van der Waals surface area contributed by atoms with Crippen molar-refractivity contribution < 1.29 is 14.3 Å². The van der Waals surface area contributed by atoms with E-state index in [0.29, 0.717) is 17.1 Å². The number of piperidine rings is 1. The van der Waals surface area contributed by atoms with Crippen molar-refractivity contribution in [3.05, 3.63) is 23.8 Å². The molecule has 3 rings (SSSR count). The summed E-state index contributed by atoms with van der Waals surface area (Å²) in [5.41, 5.74) is 0.628. The highest BCUT2D eigenvalue weighted by Gasteiger charge is 2.21. The number of hydrogen-bond donors (Lipinski definition) is 1. The Hall–Kier alpha value is -1.75. The standard InChI is InChI=1S/C14H18N2O3/c1-16-6-4-11(5-7-16)15-14(17)10-2-3-12-13(8-10)19-9-18-12/h2-3,8,11H,4-7,9H2,1H3,(H,15,17). The van der Waals surface area contributed by atoms with Gasteiger partial charge < -0.3 is 19.7 Å². The van der Waals surface area contributed by atoms with Gasteiger partial charge in [-0.15, -0.1) is 0 Å². The largest absolute Gasteiger partial charge is 0.454 e. The Labute approximate surface area is 112 Å². The van der Waals surface area contributed by atoms with Gasteiger partial charge in [-0.2, -0.15) is 0 Å². The molecule has 0 atom stereocenters. The van der Waals surface area contributed by atoms with Gasteiger partial charge in [0.05, 0.1) is 0 Å². The summed E-state index contributed by atoms with van der Waals surface area (Å²) >= 11 is 0. The molecule has 5 nitrogen and oxygen atoms in total. The zero-order chi connectivity index (χ0) is 13.2. The summed E-state index contributed by atoms with van der Waals surface area (Å²) in [5, 5.41) is 3.08. The molecular formula is C14H18N2O3. The average Bonchev–Trinajstić information content (AvgIpc) is 2.88. The maximum atomic E-state index is 12.2. The number of nitrogens with zero attached hydrogens (tertiary/aromatic N) is 1. The van der Waals surface area contributed by atoms with Crippen molar-refractivity contribution >= 4 is 5.91 Å². The minimum Gasteiger partial charge on any atom is -0.454 e. The number of fused-ring (bicyclic) bond motifs is 1. The van der Waals surface area contributed by atoms with Crippen LogP contribution < -0.4 is 14.8 Å². The topological polar surface area (TPSA) is 50.8 Å². The Morgan fingerprint density at radius 2 is 2.00 bits per heavy atom. The van der Waals surface area contributed by atoms with Crippen LogP contribution in [0.3, 0.4) is 0 Å². The highest BCUT2D eigenvalue weighted by Crippen LogP contribution is 2.32. The minimum absolute atomic E-state index is 0.0344. The van der Waals surface area contributed by atoms with E-state index in [-0.39, 0.29) is 18.7 Å². The molecule has 0 radical (unpaired) electrons. The Bertz CT molecular complexity index is 482. The van der Waals surface area contributed by atoms with E-state index in [9.17, 15) is 4.79 Å². The molecule has 0 bridgehead atoms. The minimum atomic E-state index is -0.0344. The van der Waals surface area contributed by atoms with E-state index in [1.807, 2.05) is 0 Å². The van der Waals surface area contributed by atoms with Crippen LogP contribution in [0.25, 0.3) is 0 Å². The summed E-state index contributed by atoms with van der Waals surface area (Å²) in [6.07, 6.45) is 2.01. The molecule has 1 saturated heterocycles. The quantitative estimate of drug-likeness (QED) is 0.871. The van der Waals surface area contributed by atoms with E-state index in [1.54, 1.807) is 18.2 Å². The van der Waals surface area contributed by atoms with Gasteiger partial charge in [-0.3, -0.25) is 4.79 Å². The molecule has 19 heavy (non-hydrogen) atoms. The molecule has 0 aliphatic carbocycles. The second kappa shape index (κ2) is 5.09. The molecule has 1 amide bonds. The summed E-state index contributed by atoms with van der Waals surface area (Å²) < 4.78 is 10.5. The zero-order valence-corrected chi connectivity index (χ0v) is 11.0. The summed E-state index contributed by atoms with van der Waals surface area (Å²) in [4.78, 5) is 14.5. The second-order valence-corrected chi connectivity index (χ2v) is 5.12. The van der Waals surface area contributed by atoms with Gasteiger partial charge in [0.25, 0.3) is 5.91 Å². The van der Waals surface area contributed by atoms with Crippen molar-refractivity contribution in [2.75, 3.05) is 26.9 Å². The van der Waals surface area contributed by atoms with Gasteiger partial charge >= 0.3 is 0 Å². The lowest BCUT2D eigenvalue weighted by atomic mass is 10.0. The lowest BCUT2D eigenvalue weighted by Gasteiger charge is -2.29. The van der Waals surface area contributed by atoms with E-state index in [1.165, 1.54) is 0 Å². The fourth-order valence-corrected chi connectivity index (χ4v) is 2.46. The first-order valence-corrected chi connectivity index (χ1v) is 6.61. The Balaban J connectivity index is 1.64. The first-order valence-electron chi connectivity index (χ1n) is 6.61. The number of carbonyl (C=O) groups excluding carboxylic acids is 1. The Morgan fingerprint density at radius 1 is 1.26 bits per heavy atom. The van der Waals surface area contributed by atoms with E-state index < -0.39 is 0 Å². The predicted octanol–water partition coefficient (Wildman–Crippen LogP) is 1.24. The molecule has 0 spiro atoms. The van der Waals surface area contributed by atoms with E-state index >= 15 is 0 Å². The number of benzene rings is 1. The van der Waals surface area contributed by atoms with Gasteiger partial charge in [0.15, 0.2) is 11.5 Å². The Kier molecular flexibility index (Phi) is 3.29. The fraction of sp³-hybridized carbons (Fsp3) is 0.500. The number of rotatable bonds is 2. The highest BCUT2D eigenvalue weighted by atomic mass is 16.7. The van der Waals surface area contributed by atoms with E-state index in [2.05, 4.69) is 17.3 Å². The maximum absolute atomic E-state index is 12.2. The van der Waals surface area contributed by atoms with Gasteiger partial charge in [0.2, 0.25) is 6.79 Å². The molecule has 0 unspecified atom stereocenters. The third-order valence-corrected chi connectivity index (χ3v) is 3.69. The van der Waals surface area contributed by atoms with Crippen molar-refractivity contribution in [1.29, 1.82) is 0 Å². The normalized spacial score (nSPS) is 19.4. The molecule has 0 saturated carbocycles. The van der Waals surface area contributed by atoms with Crippen molar-refractivity contribution in [2.45, 2.75) is 18.9 Å². The first-order chi connectivity index (χ1) is 9.22. The van der Waals surface area contributed by atoms with Crippen LogP contribution in [0.15, 0.2) is 18.2 Å². The fourth-order valence-electron chi connectivity index (χ4n) is 2.46. The van der Waals surface area contributed by atoms with Crippen molar-refractivity contribution in [1.82, 2.24) is 10.2 Å². The molecule has 2 aliphatic heterocycles. The molecule has 1 N–H and O–H groups in total. The number of likely N-dealkylation sites (tertiary alicyclic amines) is 1. The third-order valence-electron chi connectivity index (χ3n) is 3.69. The van der Waals surface area contributed by atoms with Crippen LogP contribution >= 0.6 is 0 Å². The summed E-state index contributed by atoms with van der Waals surface area (Å²) in [5.74, 6) is 1.32. The van der Waals surface area contributed by atoms with Crippen LogP contribution in [-0.4, -0.2) is 43.8 Å². The van der Waals surface area contributed by atoms with Crippen LogP contribution in [0.4, 0.5) is 0 Å². The van der Waals surface area contributed by atoms with Crippen LogP contribution in [-0.2, 0) is 0 Å². The number of hydrogen-bond acceptors (Lipinski definition) is 4. The Morgan fingerprint density at radius 3 is 2.79 bits per heavy atom. The molecule has 1 aromatic carbocycles. The molecule has 2 aliphatic rings. The first kappa shape index (κ1) is 12.3. The molecule has 2 heterocycles. The lowest BCUT2D eigenvalue weighted by molar-refractivity contribution is 0.0916. The zero-order valence-electron chi connectivity index (χ0n) is 11.0. The van der Waals surface area contributed by atoms with E-state index in [0.717, 1.165) is 25.9 Å². The third kappa shape index (κ3) is 2.66. The molecular weight excluding hydrogens is 244 g/mol. The van der Waals surface area contributed by atoms with Crippen LogP contribution in [0.1, 0.15) is 23.2 Å². The van der Waals surface area contributed by atoms with Gasteiger partial charge in [0, 0.05) is 11.6 Å². The van der Waals surface area contributed by atoms with Gasteiger partial charge in [-0.05, 0) is 51.2 Å². The van der Waals surface area contributed by atoms with Crippen molar-refractivity contribution in [3.63, 3.8) is 0 Å². The maximum Gasteiger partial charge on any atom is 0.251 e. The lowest BCUT2D eigenvalue weighted by Crippen LogP contribution is -2.43. The smallest absolute Gasteiger partial charge is 0.251 e. The summed E-state index contributed by atoms with van der Waals surface area (Å²) in [6, 6.07) is 5.57. The van der Waals surface area contributed by atoms with Gasteiger partial charge in [-0.25, -0.2) is 0 Å². The van der Waals surface area contributed by atoms with Crippen molar-refractivity contribution in [2.24, 2.45) is 0 Å². The van der Waals surface area contributed by atoms with Crippen LogP contribution in [0, 0.1) is 0 Å².